The predicted molar refractivity (Wildman–Crippen MR) is 55.1 cm³/mol. The Balaban J connectivity index is 2.95. The molecule has 1 aromatic carbocycles. The molecule has 76 valence electrons. The van der Waals surface area contributed by atoms with Crippen LogP contribution in [-0.2, 0) is 11.2 Å². The lowest BCUT2D eigenvalue weighted by Crippen LogP contribution is -2.00. The van der Waals surface area contributed by atoms with E-state index in [0.29, 0.717) is 4.47 Å². The summed E-state index contributed by atoms with van der Waals surface area (Å²) in [5.74, 6) is -1.46. The zero-order chi connectivity index (χ0) is 10.7. The molecule has 0 atom stereocenters. The topological polar surface area (TPSA) is 37.3 Å². The Morgan fingerprint density at radius 2 is 2.21 bits per heavy atom. The number of carbonyl (C=O) groups is 1. The summed E-state index contributed by atoms with van der Waals surface area (Å²) in [6, 6.07) is 3.02. The zero-order valence-electron chi connectivity index (χ0n) is 7.06. The van der Waals surface area contributed by atoms with Crippen molar-refractivity contribution in [1.82, 2.24) is 0 Å². The Kier molecular flexibility index (Phi) is 3.89. The number of hydrogen-bond donors (Lipinski definition) is 1. The molecule has 0 aliphatic heterocycles. The number of rotatable bonds is 3. The molecule has 5 heteroatoms. The monoisotopic (exact) mass is 280 g/mol. The van der Waals surface area contributed by atoms with Crippen LogP contribution in [0.1, 0.15) is 12.0 Å². The molecule has 0 saturated heterocycles. The molecular formula is C9H7BrClFO2. The number of carboxylic acids is 1. The van der Waals surface area contributed by atoms with E-state index in [1.54, 1.807) is 0 Å². The SMILES string of the molecule is O=C(O)CCc1c(Cl)ccc(Br)c1F. The third kappa shape index (κ3) is 2.69. The highest BCUT2D eigenvalue weighted by molar-refractivity contribution is 9.10. The van der Waals surface area contributed by atoms with Gasteiger partial charge in [-0.3, -0.25) is 4.79 Å². The van der Waals surface area contributed by atoms with E-state index in [4.69, 9.17) is 16.7 Å². The quantitative estimate of drug-likeness (QED) is 0.864. The van der Waals surface area contributed by atoms with Crippen LogP contribution in [0.2, 0.25) is 5.02 Å². The van der Waals surface area contributed by atoms with Gasteiger partial charge in [-0.15, -0.1) is 0 Å². The van der Waals surface area contributed by atoms with Crippen LogP contribution in [0, 0.1) is 5.82 Å². The molecule has 1 aromatic rings. The highest BCUT2D eigenvalue weighted by atomic mass is 79.9. The van der Waals surface area contributed by atoms with Crippen LogP contribution in [0.15, 0.2) is 16.6 Å². The van der Waals surface area contributed by atoms with Gasteiger partial charge in [0, 0.05) is 17.0 Å². The van der Waals surface area contributed by atoms with Gasteiger partial charge in [0.1, 0.15) is 5.82 Å². The lowest BCUT2D eigenvalue weighted by molar-refractivity contribution is -0.136. The highest BCUT2D eigenvalue weighted by Crippen LogP contribution is 2.26. The Morgan fingerprint density at radius 1 is 1.57 bits per heavy atom. The third-order valence-electron chi connectivity index (χ3n) is 1.73. The van der Waals surface area contributed by atoms with E-state index in [2.05, 4.69) is 15.9 Å². The van der Waals surface area contributed by atoms with E-state index in [1.807, 2.05) is 0 Å². The van der Waals surface area contributed by atoms with Gasteiger partial charge >= 0.3 is 5.97 Å². The summed E-state index contributed by atoms with van der Waals surface area (Å²) in [5, 5.41) is 8.71. The lowest BCUT2D eigenvalue weighted by Gasteiger charge is -2.05. The van der Waals surface area contributed by atoms with Crippen molar-refractivity contribution in [1.29, 1.82) is 0 Å². The first-order chi connectivity index (χ1) is 6.52. The molecule has 0 saturated carbocycles. The van der Waals surface area contributed by atoms with Gasteiger partial charge in [-0.05, 0) is 34.5 Å². The third-order valence-corrected chi connectivity index (χ3v) is 2.69. The van der Waals surface area contributed by atoms with Crippen LogP contribution in [0.4, 0.5) is 4.39 Å². The van der Waals surface area contributed by atoms with Crippen LogP contribution in [0.25, 0.3) is 0 Å². The summed E-state index contributed by atoms with van der Waals surface area (Å²) in [6.07, 6.45) is -0.0352. The van der Waals surface area contributed by atoms with Crippen molar-refractivity contribution in [2.24, 2.45) is 0 Å². The van der Waals surface area contributed by atoms with Crippen molar-refractivity contribution in [3.8, 4) is 0 Å². The Hall–Kier alpha value is -0.610. The Morgan fingerprint density at radius 3 is 2.79 bits per heavy atom. The van der Waals surface area contributed by atoms with Crippen molar-refractivity contribution in [3.05, 3.63) is 33.0 Å². The molecule has 1 N–H and O–H groups in total. The van der Waals surface area contributed by atoms with E-state index < -0.39 is 11.8 Å². The van der Waals surface area contributed by atoms with E-state index in [0.717, 1.165) is 0 Å². The Labute approximate surface area is 93.8 Å². The molecule has 14 heavy (non-hydrogen) atoms. The molecule has 0 aliphatic carbocycles. The van der Waals surface area contributed by atoms with Gasteiger partial charge in [0.2, 0.25) is 0 Å². The van der Waals surface area contributed by atoms with E-state index in [-0.39, 0.29) is 23.4 Å². The smallest absolute Gasteiger partial charge is 0.303 e. The zero-order valence-corrected chi connectivity index (χ0v) is 9.40. The molecule has 0 radical (unpaired) electrons. The molecule has 1 rings (SSSR count). The summed E-state index contributed by atoms with van der Waals surface area (Å²) in [6.45, 7) is 0. The minimum Gasteiger partial charge on any atom is -0.481 e. The molecule has 0 amide bonds. The van der Waals surface area contributed by atoms with Crippen molar-refractivity contribution >= 4 is 33.5 Å². The van der Waals surface area contributed by atoms with Crippen LogP contribution >= 0.6 is 27.5 Å². The average molecular weight is 282 g/mol. The highest BCUT2D eigenvalue weighted by Gasteiger charge is 2.11. The number of halogens is 3. The number of carboxylic acid groups (broad SMARTS) is 1. The van der Waals surface area contributed by atoms with Crippen molar-refractivity contribution in [3.63, 3.8) is 0 Å². The van der Waals surface area contributed by atoms with E-state index in [1.165, 1.54) is 12.1 Å². The van der Waals surface area contributed by atoms with Crippen molar-refractivity contribution in [2.75, 3.05) is 0 Å². The number of hydrogen-bond acceptors (Lipinski definition) is 1. The van der Waals surface area contributed by atoms with E-state index in [9.17, 15) is 9.18 Å². The van der Waals surface area contributed by atoms with Gasteiger partial charge in [-0.2, -0.15) is 0 Å². The van der Waals surface area contributed by atoms with Gasteiger partial charge in [0.05, 0.1) is 4.47 Å². The average Bonchev–Trinajstić information content (AvgIpc) is 2.11. The molecule has 0 unspecified atom stereocenters. The van der Waals surface area contributed by atoms with Gasteiger partial charge in [0.25, 0.3) is 0 Å². The summed E-state index contributed by atoms with van der Waals surface area (Å²) in [7, 11) is 0. The van der Waals surface area contributed by atoms with Crippen LogP contribution < -0.4 is 0 Å². The Bertz CT molecular complexity index is 368. The second-order valence-corrected chi connectivity index (χ2v) is 3.98. The summed E-state index contributed by atoms with van der Waals surface area (Å²) in [5.41, 5.74) is 0.239. The van der Waals surface area contributed by atoms with Gasteiger partial charge in [0.15, 0.2) is 0 Å². The predicted octanol–water partition coefficient (Wildman–Crippen LogP) is 3.26. The summed E-state index contributed by atoms with van der Waals surface area (Å²) in [4.78, 5) is 10.3. The van der Waals surface area contributed by atoms with Crippen LogP contribution in [0.3, 0.4) is 0 Å². The molecular weight excluding hydrogens is 274 g/mol. The molecule has 0 heterocycles. The van der Waals surface area contributed by atoms with Crippen molar-refractivity contribution in [2.45, 2.75) is 12.8 Å². The van der Waals surface area contributed by atoms with Crippen molar-refractivity contribution < 1.29 is 14.3 Å². The molecule has 0 bridgehead atoms. The second-order valence-electron chi connectivity index (χ2n) is 2.72. The number of aliphatic carboxylic acids is 1. The minimum atomic E-state index is -0.972. The van der Waals surface area contributed by atoms with Gasteiger partial charge in [-0.1, -0.05) is 11.6 Å². The second kappa shape index (κ2) is 4.75. The lowest BCUT2D eigenvalue weighted by atomic mass is 10.1. The standard InChI is InChI=1S/C9H7BrClFO2/c10-6-2-3-7(11)5(9(6)12)1-4-8(13)14/h2-3H,1,4H2,(H,13,14). The maximum Gasteiger partial charge on any atom is 0.303 e. The summed E-state index contributed by atoms with van der Waals surface area (Å²) >= 11 is 8.74. The first-order valence-corrected chi connectivity index (χ1v) is 5.03. The fraction of sp³-hybridized carbons (Fsp3) is 0.222. The summed E-state index contributed by atoms with van der Waals surface area (Å²) < 4.78 is 13.7. The normalized spacial score (nSPS) is 10.2. The largest absolute Gasteiger partial charge is 0.481 e. The molecule has 0 fully saturated rings. The molecule has 0 aromatic heterocycles. The first-order valence-electron chi connectivity index (χ1n) is 3.86. The van der Waals surface area contributed by atoms with Crippen LogP contribution in [-0.4, -0.2) is 11.1 Å². The van der Waals surface area contributed by atoms with Gasteiger partial charge < -0.3 is 5.11 Å². The van der Waals surface area contributed by atoms with Gasteiger partial charge in [-0.25, -0.2) is 4.39 Å². The fourth-order valence-corrected chi connectivity index (χ4v) is 1.64. The van der Waals surface area contributed by atoms with Crippen LogP contribution in [0.5, 0.6) is 0 Å². The maximum atomic E-state index is 13.4. The fourth-order valence-electron chi connectivity index (χ4n) is 1.03. The maximum absolute atomic E-state index is 13.4. The minimum absolute atomic E-state index is 0.0967. The molecule has 2 nitrogen and oxygen atoms in total. The first kappa shape index (κ1) is 11.5. The van der Waals surface area contributed by atoms with E-state index >= 15 is 0 Å². The molecule has 0 spiro atoms. The number of benzene rings is 1. The molecule has 0 aliphatic rings.